The highest BCUT2D eigenvalue weighted by molar-refractivity contribution is 14.0. The van der Waals surface area contributed by atoms with Gasteiger partial charge in [0.05, 0.1) is 12.7 Å². The molecule has 0 unspecified atom stereocenters. The number of hydrogen-bond donors (Lipinski definition) is 1. The number of nitrogens with one attached hydrogen (secondary N) is 1. The van der Waals surface area contributed by atoms with Crippen LogP contribution in [-0.4, -0.2) is 60.4 Å². The molecule has 1 saturated heterocycles. The van der Waals surface area contributed by atoms with Gasteiger partial charge in [-0.05, 0) is 30.7 Å². The Hall–Kier alpha value is -1.48. The third-order valence-corrected chi connectivity index (χ3v) is 4.59. The number of nitrogens with zero attached hydrogens (tertiary/aromatic N) is 5. The molecule has 0 bridgehead atoms. The zero-order valence-electron chi connectivity index (χ0n) is 15.2. The van der Waals surface area contributed by atoms with Gasteiger partial charge in [-0.3, -0.25) is 9.67 Å². The molecule has 0 radical (unpaired) electrons. The average Bonchev–Trinajstić information content (AvgIpc) is 3.04. The van der Waals surface area contributed by atoms with E-state index < -0.39 is 0 Å². The fraction of sp³-hybridized carbons (Fsp3) is 0.444. The van der Waals surface area contributed by atoms with E-state index in [1.165, 1.54) is 11.3 Å². The van der Waals surface area contributed by atoms with Crippen molar-refractivity contribution in [2.24, 2.45) is 4.99 Å². The minimum Gasteiger partial charge on any atom is -0.368 e. The van der Waals surface area contributed by atoms with Crippen molar-refractivity contribution in [3.8, 4) is 0 Å². The lowest BCUT2D eigenvalue weighted by Gasteiger charge is -2.37. The second-order valence-electron chi connectivity index (χ2n) is 6.21. The molecule has 1 N–H and O–H groups in total. The van der Waals surface area contributed by atoms with Crippen molar-refractivity contribution in [1.29, 1.82) is 0 Å². The zero-order valence-corrected chi connectivity index (χ0v) is 18.3. The quantitative estimate of drug-likeness (QED) is 0.408. The summed E-state index contributed by atoms with van der Waals surface area (Å²) in [5, 5.41) is 8.53. The van der Waals surface area contributed by atoms with E-state index in [1.54, 1.807) is 0 Å². The Morgan fingerprint density at radius 2 is 2.04 bits per heavy atom. The molecule has 26 heavy (non-hydrogen) atoms. The number of anilines is 1. The van der Waals surface area contributed by atoms with Crippen LogP contribution >= 0.6 is 35.6 Å². The van der Waals surface area contributed by atoms with Crippen LogP contribution in [0.15, 0.2) is 41.7 Å². The van der Waals surface area contributed by atoms with E-state index in [9.17, 15) is 0 Å². The molecule has 0 saturated carbocycles. The number of benzene rings is 1. The Bertz CT molecular complexity index is 724. The summed E-state index contributed by atoms with van der Waals surface area (Å²) in [7, 11) is 1.84. The van der Waals surface area contributed by atoms with Gasteiger partial charge in [0, 0.05) is 56.7 Å². The number of aliphatic imine (C=N–C) groups is 1. The molecule has 142 valence electrons. The SMILES string of the molecule is CN=C(NCCn1cc(C)cn1)N1CCN(c2cccc(Cl)c2)CC1.I. The van der Waals surface area contributed by atoms with Gasteiger partial charge in [0.1, 0.15) is 0 Å². The Morgan fingerprint density at radius 3 is 2.65 bits per heavy atom. The predicted octanol–water partition coefficient (Wildman–Crippen LogP) is 2.86. The molecule has 3 rings (SSSR count). The fourth-order valence-electron chi connectivity index (χ4n) is 3.05. The Balaban J connectivity index is 0.00000243. The average molecular weight is 489 g/mol. The molecular weight excluding hydrogens is 463 g/mol. The number of guanidine groups is 1. The van der Waals surface area contributed by atoms with E-state index in [4.69, 9.17) is 11.6 Å². The topological polar surface area (TPSA) is 48.7 Å². The molecular formula is C18H26ClIN6. The van der Waals surface area contributed by atoms with Crippen LogP contribution in [0.25, 0.3) is 0 Å². The normalized spacial score (nSPS) is 15.0. The maximum Gasteiger partial charge on any atom is 0.193 e. The van der Waals surface area contributed by atoms with E-state index in [0.717, 1.165) is 50.3 Å². The molecule has 1 fully saturated rings. The van der Waals surface area contributed by atoms with Crippen molar-refractivity contribution in [3.63, 3.8) is 0 Å². The van der Waals surface area contributed by atoms with Gasteiger partial charge in [-0.15, -0.1) is 24.0 Å². The fourth-order valence-corrected chi connectivity index (χ4v) is 3.24. The highest BCUT2D eigenvalue weighted by Crippen LogP contribution is 2.20. The molecule has 1 aliphatic rings. The summed E-state index contributed by atoms with van der Waals surface area (Å²) in [6, 6.07) is 8.05. The van der Waals surface area contributed by atoms with Crippen LogP contribution in [0.5, 0.6) is 0 Å². The van der Waals surface area contributed by atoms with Crippen LogP contribution in [0.3, 0.4) is 0 Å². The lowest BCUT2D eigenvalue weighted by molar-refractivity contribution is 0.371. The number of aromatic nitrogens is 2. The number of rotatable bonds is 4. The van der Waals surface area contributed by atoms with E-state index in [1.807, 2.05) is 42.3 Å². The maximum atomic E-state index is 6.10. The predicted molar refractivity (Wildman–Crippen MR) is 119 cm³/mol. The minimum atomic E-state index is 0. The van der Waals surface area contributed by atoms with Crippen molar-refractivity contribution in [3.05, 3.63) is 47.2 Å². The first-order chi connectivity index (χ1) is 12.2. The van der Waals surface area contributed by atoms with Gasteiger partial charge in [0.25, 0.3) is 0 Å². The van der Waals surface area contributed by atoms with Crippen LogP contribution in [0.1, 0.15) is 5.56 Å². The van der Waals surface area contributed by atoms with Gasteiger partial charge >= 0.3 is 0 Å². The molecule has 0 atom stereocenters. The maximum absolute atomic E-state index is 6.10. The monoisotopic (exact) mass is 488 g/mol. The molecule has 1 aromatic heterocycles. The lowest BCUT2D eigenvalue weighted by Crippen LogP contribution is -2.52. The van der Waals surface area contributed by atoms with E-state index in [0.29, 0.717) is 0 Å². The summed E-state index contributed by atoms with van der Waals surface area (Å²) < 4.78 is 1.95. The molecule has 2 heterocycles. The van der Waals surface area contributed by atoms with Crippen LogP contribution in [0.4, 0.5) is 5.69 Å². The summed E-state index contributed by atoms with van der Waals surface area (Å²) in [6.45, 7) is 7.48. The molecule has 0 spiro atoms. The highest BCUT2D eigenvalue weighted by atomic mass is 127. The molecule has 2 aromatic rings. The molecule has 1 aromatic carbocycles. The second-order valence-corrected chi connectivity index (χ2v) is 6.65. The van der Waals surface area contributed by atoms with Crippen LogP contribution < -0.4 is 10.2 Å². The largest absolute Gasteiger partial charge is 0.368 e. The van der Waals surface area contributed by atoms with Crippen molar-refractivity contribution >= 4 is 47.2 Å². The zero-order chi connectivity index (χ0) is 17.6. The summed E-state index contributed by atoms with van der Waals surface area (Å²) in [4.78, 5) is 9.09. The van der Waals surface area contributed by atoms with Gasteiger partial charge < -0.3 is 15.1 Å². The van der Waals surface area contributed by atoms with Crippen LogP contribution in [0.2, 0.25) is 5.02 Å². The minimum absolute atomic E-state index is 0. The molecule has 6 nitrogen and oxygen atoms in total. The summed E-state index contributed by atoms with van der Waals surface area (Å²) in [6.07, 6.45) is 3.93. The molecule has 0 aliphatic carbocycles. The van der Waals surface area contributed by atoms with E-state index >= 15 is 0 Å². The third-order valence-electron chi connectivity index (χ3n) is 4.35. The van der Waals surface area contributed by atoms with Gasteiger partial charge in [-0.25, -0.2) is 0 Å². The standard InChI is InChI=1S/C18H25ClN6.HI/c1-15-13-22-25(14-15)7-6-21-18(20-2)24-10-8-23(9-11-24)17-5-3-4-16(19)12-17;/h3-5,12-14H,6-11H2,1-2H3,(H,20,21);1H. The summed E-state index contributed by atoms with van der Waals surface area (Å²) in [5.41, 5.74) is 2.37. The molecule has 0 amide bonds. The van der Waals surface area contributed by atoms with Crippen LogP contribution in [0, 0.1) is 6.92 Å². The number of hydrogen-bond acceptors (Lipinski definition) is 3. The van der Waals surface area contributed by atoms with Crippen LogP contribution in [-0.2, 0) is 6.54 Å². The molecule has 1 aliphatic heterocycles. The summed E-state index contributed by atoms with van der Waals surface area (Å²) in [5.74, 6) is 0.953. The van der Waals surface area contributed by atoms with Crippen molar-refractivity contribution in [1.82, 2.24) is 20.0 Å². The summed E-state index contributed by atoms with van der Waals surface area (Å²) >= 11 is 6.10. The first kappa shape index (κ1) is 20.8. The smallest absolute Gasteiger partial charge is 0.193 e. The Kier molecular flexibility index (Phi) is 8.02. The number of aryl methyl sites for hydroxylation is 1. The highest BCUT2D eigenvalue weighted by Gasteiger charge is 2.19. The van der Waals surface area contributed by atoms with Gasteiger partial charge in [0.2, 0.25) is 0 Å². The van der Waals surface area contributed by atoms with Crippen molar-refractivity contribution in [2.75, 3.05) is 44.7 Å². The van der Waals surface area contributed by atoms with Crippen molar-refractivity contribution < 1.29 is 0 Å². The van der Waals surface area contributed by atoms with Gasteiger partial charge in [-0.2, -0.15) is 5.10 Å². The molecule has 8 heteroatoms. The van der Waals surface area contributed by atoms with Gasteiger partial charge in [-0.1, -0.05) is 17.7 Å². The van der Waals surface area contributed by atoms with Crippen molar-refractivity contribution in [2.45, 2.75) is 13.5 Å². The first-order valence-corrected chi connectivity index (χ1v) is 8.98. The van der Waals surface area contributed by atoms with E-state index in [-0.39, 0.29) is 24.0 Å². The van der Waals surface area contributed by atoms with E-state index in [2.05, 4.69) is 38.2 Å². The number of halogens is 2. The Labute approximate surface area is 177 Å². The Morgan fingerprint density at radius 1 is 1.27 bits per heavy atom. The van der Waals surface area contributed by atoms with Gasteiger partial charge in [0.15, 0.2) is 5.96 Å². The second kappa shape index (κ2) is 10.0. The lowest BCUT2D eigenvalue weighted by atomic mass is 10.2. The number of piperazine rings is 1. The first-order valence-electron chi connectivity index (χ1n) is 8.61. The third kappa shape index (κ3) is 5.51.